The van der Waals surface area contributed by atoms with Gasteiger partial charge in [0.15, 0.2) is 0 Å². The van der Waals surface area contributed by atoms with Crippen LogP contribution in [0.5, 0.6) is 0 Å². The van der Waals surface area contributed by atoms with Crippen LogP contribution in [0.25, 0.3) is 6.08 Å². The van der Waals surface area contributed by atoms with Gasteiger partial charge in [-0.25, -0.2) is 0 Å². The van der Waals surface area contributed by atoms with Crippen molar-refractivity contribution in [2.45, 2.75) is 31.7 Å². The van der Waals surface area contributed by atoms with Crippen molar-refractivity contribution in [1.82, 2.24) is 4.90 Å². The van der Waals surface area contributed by atoms with E-state index in [0.29, 0.717) is 6.54 Å². The van der Waals surface area contributed by atoms with Gasteiger partial charge in [0, 0.05) is 59.5 Å². The number of thioether (sulfide) groups is 1. The lowest BCUT2D eigenvalue weighted by molar-refractivity contribution is 0.316. The third kappa shape index (κ3) is 3.58. The monoisotopic (exact) mass is 342 g/mol. The molecule has 0 amide bonds. The molecule has 2 aliphatic rings. The molecule has 2 aliphatic heterocycles. The largest absolute Gasteiger partial charge is 0.383 e. The zero-order valence-corrected chi connectivity index (χ0v) is 15.3. The van der Waals surface area contributed by atoms with Crippen LogP contribution in [0.1, 0.15) is 31.4 Å². The number of hydrogen-bond acceptors (Lipinski definition) is 5. The second kappa shape index (κ2) is 8.01. The Kier molecular flexibility index (Phi) is 5.76. The summed E-state index contributed by atoms with van der Waals surface area (Å²) in [5.74, 6) is 0. The first-order valence-electron chi connectivity index (χ1n) is 8.69. The second-order valence-corrected chi connectivity index (χ2v) is 7.03. The lowest BCUT2D eigenvalue weighted by atomic mass is 10.0. The van der Waals surface area contributed by atoms with E-state index in [-0.39, 0.29) is 0 Å². The van der Waals surface area contributed by atoms with Gasteiger partial charge in [0.2, 0.25) is 0 Å². The van der Waals surface area contributed by atoms with E-state index in [0.717, 1.165) is 32.6 Å². The first-order valence-corrected chi connectivity index (χ1v) is 9.51. The standard InChI is InChI=1S/C19H26N4S/c1-3-23(4-2)10-9-22-17-6-5-15(12-20)19-16(17)11-14-7-8-21-13-18(14)24-19/h5-6,8,11,13,22H,3-4,7,9-10,12,20H2,1-2H3. The molecular formula is C19H26N4S. The third-order valence-electron chi connectivity index (χ3n) is 4.59. The van der Waals surface area contributed by atoms with E-state index >= 15 is 0 Å². The average Bonchev–Trinajstić information content (AvgIpc) is 2.63. The van der Waals surface area contributed by atoms with E-state index in [2.05, 4.69) is 47.3 Å². The SMILES string of the molecule is CCN(CC)CCNc1ccc(CN)c2c1C=C1CC=NC=C1S2. The van der Waals surface area contributed by atoms with Crippen LogP contribution >= 0.6 is 11.8 Å². The Labute approximate surface area is 148 Å². The Morgan fingerprint density at radius 3 is 2.88 bits per heavy atom. The molecule has 24 heavy (non-hydrogen) atoms. The summed E-state index contributed by atoms with van der Waals surface area (Å²) in [4.78, 5) is 9.25. The van der Waals surface area contributed by atoms with Crippen LogP contribution in [0, 0.1) is 0 Å². The molecule has 5 heteroatoms. The van der Waals surface area contributed by atoms with Crippen molar-refractivity contribution in [2.75, 3.05) is 31.5 Å². The number of rotatable bonds is 7. The molecule has 0 spiro atoms. The maximum Gasteiger partial charge on any atom is 0.0426 e. The molecule has 1 aromatic carbocycles. The molecule has 0 radical (unpaired) electrons. The van der Waals surface area contributed by atoms with Gasteiger partial charge >= 0.3 is 0 Å². The molecular weight excluding hydrogens is 316 g/mol. The number of anilines is 1. The first-order chi connectivity index (χ1) is 11.8. The first kappa shape index (κ1) is 17.3. The predicted molar refractivity (Wildman–Crippen MR) is 106 cm³/mol. The minimum absolute atomic E-state index is 0.564. The molecule has 0 aliphatic carbocycles. The quantitative estimate of drug-likeness (QED) is 0.793. The van der Waals surface area contributed by atoms with Crippen LogP contribution in [0.4, 0.5) is 5.69 Å². The number of nitrogens with one attached hydrogen (secondary N) is 1. The molecule has 2 heterocycles. The van der Waals surface area contributed by atoms with Crippen LogP contribution in [0.2, 0.25) is 0 Å². The van der Waals surface area contributed by atoms with Crippen LogP contribution in [0.3, 0.4) is 0 Å². The summed E-state index contributed by atoms with van der Waals surface area (Å²) in [5, 5.41) is 3.63. The van der Waals surface area contributed by atoms with Crippen LogP contribution in [-0.4, -0.2) is 37.3 Å². The summed E-state index contributed by atoms with van der Waals surface area (Å²) in [6.07, 6.45) is 7.15. The van der Waals surface area contributed by atoms with Crippen molar-refractivity contribution in [3.63, 3.8) is 0 Å². The highest BCUT2D eigenvalue weighted by molar-refractivity contribution is 8.03. The number of likely N-dealkylation sites (N-methyl/N-ethyl adjacent to an activating group) is 1. The normalized spacial score (nSPS) is 15.7. The highest BCUT2D eigenvalue weighted by atomic mass is 32.2. The van der Waals surface area contributed by atoms with Gasteiger partial charge in [0.1, 0.15) is 0 Å². The summed E-state index contributed by atoms with van der Waals surface area (Å²) in [6, 6.07) is 4.32. The van der Waals surface area contributed by atoms with Crippen molar-refractivity contribution in [1.29, 1.82) is 0 Å². The number of allylic oxidation sites excluding steroid dienone is 1. The Bertz CT molecular complexity index is 687. The average molecular weight is 343 g/mol. The lowest BCUT2D eigenvalue weighted by Crippen LogP contribution is -2.28. The van der Waals surface area contributed by atoms with Gasteiger partial charge in [-0.15, -0.1) is 0 Å². The van der Waals surface area contributed by atoms with E-state index in [4.69, 9.17) is 5.73 Å². The van der Waals surface area contributed by atoms with E-state index in [1.54, 1.807) is 11.8 Å². The molecule has 3 rings (SSSR count). The number of hydrogen-bond donors (Lipinski definition) is 2. The van der Waals surface area contributed by atoms with Gasteiger partial charge in [-0.2, -0.15) is 0 Å². The maximum atomic E-state index is 5.96. The van der Waals surface area contributed by atoms with Crippen molar-refractivity contribution in [3.8, 4) is 0 Å². The fraction of sp³-hybridized carbons (Fsp3) is 0.421. The molecule has 0 aromatic heterocycles. The number of nitrogens with zero attached hydrogens (tertiary/aromatic N) is 2. The number of fused-ring (bicyclic) bond motifs is 2. The smallest absolute Gasteiger partial charge is 0.0426 e. The minimum Gasteiger partial charge on any atom is -0.383 e. The summed E-state index contributed by atoms with van der Waals surface area (Å²) in [6.45, 7) is 9.18. The fourth-order valence-electron chi connectivity index (χ4n) is 3.07. The molecule has 0 saturated carbocycles. The Morgan fingerprint density at radius 2 is 2.12 bits per heavy atom. The predicted octanol–water partition coefficient (Wildman–Crippen LogP) is 3.70. The topological polar surface area (TPSA) is 53.6 Å². The van der Waals surface area contributed by atoms with Crippen molar-refractivity contribution >= 4 is 29.7 Å². The number of aliphatic imine (C=N–C) groups is 1. The zero-order chi connectivity index (χ0) is 16.9. The van der Waals surface area contributed by atoms with Gasteiger partial charge in [-0.3, -0.25) is 4.99 Å². The third-order valence-corrected chi connectivity index (χ3v) is 5.86. The van der Waals surface area contributed by atoms with E-state index in [1.165, 1.54) is 32.2 Å². The van der Waals surface area contributed by atoms with Gasteiger partial charge in [-0.1, -0.05) is 31.7 Å². The Balaban J connectivity index is 1.85. The molecule has 0 fully saturated rings. The van der Waals surface area contributed by atoms with Crippen molar-refractivity contribution < 1.29 is 0 Å². The van der Waals surface area contributed by atoms with Crippen molar-refractivity contribution in [2.24, 2.45) is 10.7 Å². The second-order valence-electron chi connectivity index (χ2n) is 5.97. The number of benzene rings is 1. The highest BCUT2D eigenvalue weighted by Crippen LogP contribution is 2.46. The van der Waals surface area contributed by atoms with E-state index in [9.17, 15) is 0 Å². The van der Waals surface area contributed by atoms with Crippen molar-refractivity contribution in [3.05, 3.63) is 39.9 Å². The van der Waals surface area contributed by atoms with Gasteiger partial charge in [-0.05, 0) is 36.4 Å². The maximum absolute atomic E-state index is 5.96. The molecule has 0 atom stereocenters. The molecule has 4 nitrogen and oxygen atoms in total. The molecule has 0 unspecified atom stereocenters. The van der Waals surface area contributed by atoms with Gasteiger partial charge in [0.05, 0.1) is 0 Å². The summed E-state index contributed by atoms with van der Waals surface area (Å²) >= 11 is 1.80. The fourth-order valence-corrected chi connectivity index (χ4v) is 4.24. The lowest BCUT2D eigenvalue weighted by Gasteiger charge is -2.25. The highest BCUT2D eigenvalue weighted by Gasteiger charge is 2.22. The Hall–Kier alpha value is -1.56. The van der Waals surface area contributed by atoms with Crippen LogP contribution in [-0.2, 0) is 6.54 Å². The molecule has 1 aromatic rings. The Morgan fingerprint density at radius 1 is 1.29 bits per heavy atom. The summed E-state index contributed by atoms with van der Waals surface area (Å²) < 4.78 is 0. The molecule has 0 bridgehead atoms. The number of nitrogens with two attached hydrogens (primary N) is 1. The van der Waals surface area contributed by atoms with Crippen LogP contribution < -0.4 is 11.1 Å². The molecule has 128 valence electrons. The minimum atomic E-state index is 0.564. The van der Waals surface area contributed by atoms with Gasteiger partial charge in [0.25, 0.3) is 0 Å². The van der Waals surface area contributed by atoms with E-state index in [1.807, 2.05) is 12.4 Å². The summed E-state index contributed by atoms with van der Waals surface area (Å²) in [7, 11) is 0. The molecule has 0 saturated heterocycles. The zero-order valence-electron chi connectivity index (χ0n) is 14.5. The molecule has 3 N–H and O–H groups in total. The van der Waals surface area contributed by atoms with Gasteiger partial charge < -0.3 is 16.0 Å². The summed E-state index contributed by atoms with van der Waals surface area (Å²) in [5.41, 5.74) is 11.0. The van der Waals surface area contributed by atoms with E-state index < -0.39 is 0 Å². The van der Waals surface area contributed by atoms with Crippen LogP contribution in [0.15, 0.2) is 38.7 Å².